The maximum atomic E-state index is 12.7. The molecule has 0 aliphatic carbocycles. The van der Waals surface area contributed by atoms with Crippen LogP contribution in [0.4, 0.5) is 5.69 Å². The number of nitrogens with zero attached hydrogens (tertiary/aromatic N) is 1. The summed E-state index contributed by atoms with van der Waals surface area (Å²) in [6.07, 6.45) is 1.64. The van der Waals surface area contributed by atoms with E-state index in [1.165, 1.54) is 7.11 Å². The number of anilines is 1. The second-order valence-corrected chi connectivity index (χ2v) is 6.55. The molecular formula is C15H15N3O3S. The fraction of sp³-hybridized carbons (Fsp3) is 0.133. The summed E-state index contributed by atoms with van der Waals surface area (Å²) in [5.74, 6) is 0.301. The fourth-order valence-electron chi connectivity index (χ4n) is 2.25. The van der Waals surface area contributed by atoms with E-state index in [-0.39, 0.29) is 4.90 Å². The second-order valence-electron chi connectivity index (χ2n) is 4.90. The van der Waals surface area contributed by atoms with E-state index in [4.69, 9.17) is 4.74 Å². The van der Waals surface area contributed by atoms with Gasteiger partial charge < -0.3 is 4.74 Å². The number of hydrogen-bond acceptors (Lipinski definition) is 4. The SMILES string of the molecule is COc1ccc(C)cc1S(=O)(=O)Nc1cccc2cn[nH]c12. The molecule has 0 radical (unpaired) electrons. The minimum absolute atomic E-state index is 0.103. The summed E-state index contributed by atoms with van der Waals surface area (Å²) in [5.41, 5.74) is 1.91. The molecule has 0 fully saturated rings. The Hall–Kier alpha value is -2.54. The van der Waals surface area contributed by atoms with Gasteiger partial charge in [0.25, 0.3) is 10.0 Å². The maximum Gasteiger partial charge on any atom is 0.265 e. The Morgan fingerprint density at radius 2 is 2.05 bits per heavy atom. The van der Waals surface area contributed by atoms with E-state index in [0.29, 0.717) is 17.0 Å². The molecule has 1 heterocycles. The number of para-hydroxylation sites is 1. The van der Waals surface area contributed by atoms with Gasteiger partial charge in [-0.2, -0.15) is 5.10 Å². The summed E-state index contributed by atoms with van der Waals surface area (Å²) in [4.78, 5) is 0.103. The van der Waals surface area contributed by atoms with Gasteiger partial charge in [0.1, 0.15) is 10.6 Å². The molecule has 0 aliphatic rings. The maximum absolute atomic E-state index is 12.7. The number of nitrogens with one attached hydrogen (secondary N) is 2. The lowest BCUT2D eigenvalue weighted by Gasteiger charge is -2.12. The second kappa shape index (κ2) is 5.34. The van der Waals surface area contributed by atoms with Crippen LogP contribution >= 0.6 is 0 Å². The number of aromatic nitrogens is 2. The van der Waals surface area contributed by atoms with Crippen LogP contribution in [-0.2, 0) is 10.0 Å². The van der Waals surface area contributed by atoms with Crippen molar-refractivity contribution in [3.63, 3.8) is 0 Å². The molecule has 6 nitrogen and oxygen atoms in total. The van der Waals surface area contributed by atoms with Crippen LogP contribution in [0.5, 0.6) is 5.75 Å². The van der Waals surface area contributed by atoms with Crippen LogP contribution in [0.3, 0.4) is 0 Å². The number of H-pyrrole nitrogens is 1. The molecule has 0 unspecified atom stereocenters. The molecule has 0 saturated heterocycles. The first-order valence-electron chi connectivity index (χ1n) is 6.61. The molecule has 2 aromatic carbocycles. The Labute approximate surface area is 128 Å². The first-order valence-corrected chi connectivity index (χ1v) is 8.09. The third-order valence-corrected chi connectivity index (χ3v) is 4.72. The molecule has 22 heavy (non-hydrogen) atoms. The van der Waals surface area contributed by atoms with E-state index in [1.807, 2.05) is 13.0 Å². The predicted octanol–water partition coefficient (Wildman–Crippen LogP) is 2.68. The van der Waals surface area contributed by atoms with Gasteiger partial charge in [-0.15, -0.1) is 0 Å². The summed E-state index contributed by atoms with van der Waals surface area (Å²) >= 11 is 0. The minimum Gasteiger partial charge on any atom is -0.495 e. The van der Waals surface area contributed by atoms with Gasteiger partial charge in [0.2, 0.25) is 0 Å². The third-order valence-electron chi connectivity index (χ3n) is 3.33. The molecule has 1 aromatic heterocycles. The largest absolute Gasteiger partial charge is 0.495 e. The van der Waals surface area contributed by atoms with E-state index in [2.05, 4.69) is 14.9 Å². The number of ether oxygens (including phenoxy) is 1. The molecule has 0 atom stereocenters. The predicted molar refractivity (Wildman–Crippen MR) is 84.6 cm³/mol. The van der Waals surface area contributed by atoms with Crippen molar-refractivity contribution in [3.05, 3.63) is 48.2 Å². The highest BCUT2D eigenvalue weighted by atomic mass is 32.2. The first kappa shape index (κ1) is 14.4. The van der Waals surface area contributed by atoms with Gasteiger partial charge in [-0.05, 0) is 30.7 Å². The van der Waals surface area contributed by atoms with Crippen LogP contribution in [0.2, 0.25) is 0 Å². The van der Waals surface area contributed by atoms with Crippen LogP contribution < -0.4 is 9.46 Å². The Morgan fingerprint density at radius 3 is 2.82 bits per heavy atom. The van der Waals surface area contributed by atoms with E-state index in [0.717, 1.165) is 10.9 Å². The van der Waals surface area contributed by atoms with Gasteiger partial charge in [-0.25, -0.2) is 8.42 Å². The summed E-state index contributed by atoms with van der Waals surface area (Å²) in [6, 6.07) is 10.3. The third kappa shape index (κ3) is 2.50. The van der Waals surface area contributed by atoms with Crippen molar-refractivity contribution in [3.8, 4) is 5.75 Å². The molecule has 3 aromatic rings. The highest BCUT2D eigenvalue weighted by molar-refractivity contribution is 7.92. The molecule has 7 heteroatoms. The molecule has 0 saturated carbocycles. The number of aryl methyl sites for hydroxylation is 1. The van der Waals surface area contributed by atoms with Gasteiger partial charge in [-0.3, -0.25) is 9.82 Å². The number of sulfonamides is 1. The lowest BCUT2D eigenvalue weighted by Crippen LogP contribution is -2.14. The quantitative estimate of drug-likeness (QED) is 0.775. The van der Waals surface area contributed by atoms with Crippen molar-refractivity contribution < 1.29 is 13.2 Å². The molecule has 3 rings (SSSR count). The van der Waals surface area contributed by atoms with Gasteiger partial charge >= 0.3 is 0 Å². The molecule has 0 aliphatic heterocycles. The number of hydrogen-bond donors (Lipinski definition) is 2. The zero-order valence-electron chi connectivity index (χ0n) is 12.1. The minimum atomic E-state index is -3.77. The van der Waals surface area contributed by atoms with E-state index in [9.17, 15) is 8.42 Å². The Bertz CT molecular complexity index is 932. The first-order chi connectivity index (χ1) is 10.5. The van der Waals surface area contributed by atoms with Gasteiger partial charge in [0.05, 0.1) is 24.5 Å². The molecule has 0 amide bonds. The summed E-state index contributed by atoms with van der Waals surface area (Å²) < 4.78 is 33.1. The van der Waals surface area contributed by atoms with Gasteiger partial charge in [0.15, 0.2) is 0 Å². The summed E-state index contributed by atoms with van der Waals surface area (Å²) in [6.45, 7) is 1.83. The molecular weight excluding hydrogens is 302 g/mol. The molecule has 0 bridgehead atoms. The standard InChI is InChI=1S/C15H15N3O3S/c1-10-6-7-13(21-2)14(8-10)22(19,20)18-12-5-3-4-11-9-16-17-15(11)12/h3-9,18H,1-2H3,(H,16,17). The topological polar surface area (TPSA) is 84.1 Å². The van der Waals surface area contributed by atoms with Crippen LogP contribution in [0.15, 0.2) is 47.5 Å². The van der Waals surface area contributed by atoms with Crippen LogP contribution in [0.25, 0.3) is 10.9 Å². The van der Waals surface area contributed by atoms with Crippen molar-refractivity contribution >= 4 is 26.6 Å². The van der Waals surface area contributed by atoms with E-state index in [1.54, 1.807) is 36.5 Å². The number of benzene rings is 2. The highest BCUT2D eigenvalue weighted by Crippen LogP contribution is 2.28. The fourth-order valence-corrected chi connectivity index (χ4v) is 3.57. The highest BCUT2D eigenvalue weighted by Gasteiger charge is 2.21. The lowest BCUT2D eigenvalue weighted by molar-refractivity contribution is 0.402. The van der Waals surface area contributed by atoms with E-state index < -0.39 is 10.0 Å². The Kier molecular flexibility index (Phi) is 3.50. The van der Waals surface area contributed by atoms with Crippen molar-refractivity contribution in [1.29, 1.82) is 0 Å². The average molecular weight is 317 g/mol. The molecule has 114 valence electrons. The zero-order chi connectivity index (χ0) is 15.7. The Morgan fingerprint density at radius 1 is 1.23 bits per heavy atom. The monoisotopic (exact) mass is 317 g/mol. The van der Waals surface area contributed by atoms with Crippen molar-refractivity contribution in [2.45, 2.75) is 11.8 Å². The van der Waals surface area contributed by atoms with Crippen LogP contribution in [0, 0.1) is 6.92 Å². The normalized spacial score (nSPS) is 11.5. The number of methoxy groups -OCH3 is 1. The number of rotatable bonds is 4. The number of aromatic amines is 1. The lowest BCUT2D eigenvalue weighted by atomic mass is 10.2. The Balaban J connectivity index is 2.08. The van der Waals surface area contributed by atoms with Gasteiger partial charge in [0, 0.05) is 5.39 Å². The summed E-state index contributed by atoms with van der Waals surface area (Å²) in [7, 11) is -2.33. The summed E-state index contributed by atoms with van der Waals surface area (Å²) in [5, 5.41) is 7.55. The van der Waals surface area contributed by atoms with Crippen LogP contribution in [0.1, 0.15) is 5.56 Å². The van der Waals surface area contributed by atoms with Crippen molar-refractivity contribution in [2.24, 2.45) is 0 Å². The average Bonchev–Trinajstić information content (AvgIpc) is 2.96. The zero-order valence-corrected chi connectivity index (χ0v) is 12.9. The van der Waals surface area contributed by atoms with Crippen molar-refractivity contribution in [2.75, 3.05) is 11.8 Å². The van der Waals surface area contributed by atoms with E-state index >= 15 is 0 Å². The van der Waals surface area contributed by atoms with Gasteiger partial charge in [-0.1, -0.05) is 18.2 Å². The van der Waals surface area contributed by atoms with Crippen LogP contribution in [-0.4, -0.2) is 25.7 Å². The molecule has 2 N–H and O–H groups in total. The molecule has 0 spiro atoms. The number of fused-ring (bicyclic) bond motifs is 1. The smallest absolute Gasteiger partial charge is 0.265 e. The van der Waals surface area contributed by atoms with Crippen molar-refractivity contribution in [1.82, 2.24) is 10.2 Å².